The smallest absolute Gasteiger partial charge is 0.124 e. The van der Waals surface area contributed by atoms with Crippen molar-refractivity contribution in [2.45, 2.75) is 32.2 Å². The predicted octanol–water partition coefficient (Wildman–Crippen LogP) is 3.87. The second-order valence-electron chi connectivity index (χ2n) is 4.56. The molecule has 0 heterocycles. The molecule has 0 atom stereocenters. The van der Waals surface area contributed by atoms with Gasteiger partial charge in [-0.2, -0.15) is 0 Å². The summed E-state index contributed by atoms with van der Waals surface area (Å²) in [5.41, 5.74) is 1.00. The molecule has 88 valence electrons. The lowest BCUT2D eigenvalue weighted by molar-refractivity contribution is 0.488. The molecular weight excluding hydrogens is 269 g/mol. The minimum Gasteiger partial charge on any atom is -0.312 e. The minimum absolute atomic E-state index is 0.174. The SMILES string of the molecule is Fc1cc(Br)cc(CNCC2CCCC2)c1. The third kappa shape index (κ3) is 3.56. The van der Waals surface area contributed by atoms with Gasteiger partial charge in [0.1, 0.15) is 5.82 Å². The summed E-state index contributed by atoms with van der Waals surface area (Å²) in [4.78, 5) is 0. The molecule has 1 N–H and O–H groups in total. The van der Waals surface area contributed by atoms with Gasteiger partial charge in [-0.25, -0.2) is 4.39 Å². The zero-order valence-electron chi connectivity index (χ0n) is 9.31. The molecular formula is C13H17BrFN. The number of benzene rings is 1. The molecule has 0 spiro atoms. The lowest BCUT2D eigenvalue weighted by Crippen LogP contribution is -2.20. The molecule has 1 aromatic carbocycles. The first kappa shape index (κ1) is 12.1. The van der Waals surface area contributed by atoms with Crippen LogP contribution in [0.15, 0.2) is 22.7 Å². The minimum atomic E-state index is -0.174. The van der Waals surface area contributed by atoms with Crippen molar-refractivity contribution in [3.63, 3.8) is 0 Å². The van der Waals surface area contributed by atoms with Gasteiger partial charge < -0.3 is 5.32 Å². The normalized spacial score (nSPS) is 16.9. The van der Waals surface area contributed by atoms with Crippen LogP contribution < -0.4 is 5.32 Å². The highest BCUT2D eigenvalue weighted by Gasteiger charge is 2.13. The topological polar surface area (TPSA) is 12.0 Å². The molecule has 1 aromatic rings. The standard InChI is InChI=1S/C13H17BrFN/c14-12-5-11(6-13(15)7-12)9-16-8-10-3-1-2-4-10/h5-7,10,16H,1-4,8-9H2. The zero-order valence-corrected chi connectivity index (χ0v) is 10.9. The van der Waals surface area contributed by atoms with E-state index in [1.165, 1.54) is 31.7 Å². The molecule has 0 saturated heterocycles. The summed E-state index contributed by atoms with van der Waals surface area (Å²) in [7, 11) is 0. The summed E-state index contributed by atoms with van der Waals surface area (Å²) < 4.78 is 13.9. The number of nitrogens with one attached hydrogen (secondary N) is 1. The molecule has 1 nitrogen and oxygen atoms in total. The van der Waals surface area contributed by atoms with Crippen molar-refractivity contribution in [3.8, 4) is 0 Å². The average Bonchev–Trinajstić information content (AvgIpc) is 2.69. The third-order valence-corrected chi connectivity index (χ3v) is 3.62. The van der Waals surface area contributed by atoms with Crippen LogP contribution in [0, 0.1) is 11.7 Å². The molecule has 1 aliphatic carbocycles. The first-order valence-electron chi connectivity index (χ1n) is 5.90. The molecule has 1 saturated carbocycles. The van der Waals surface area contributed by atoms with E-state index in [4.69, 9.17) is 0 Å². The van der Waals surface area contributed by atoms with Crippen molar-refractivity contribution in [2.75, 3.05) is 6.54 Å². The Hall–Kier alpha value is -0.410. The van der Waals surface area contributed by atoms with E-state index in [0.717, 1.165) is 29.0 Å². The van der Waals surface area contributed by atoms with Gasteiger partial charge in [0.15, 0.2) is 0 Å². The number of halogens is 2. The molecule has 1 aliphatic rings. The van der Waals surface area contributed by atoms with E-state index in [0.29, 0.717) is 0 Å². The summed E-state index contributed by atoms with van der Waals surface area (Å²) in [6.45, 7) is 1.82. The van der Waals surface area contributed by atoms with Gasteiger partial charge in [-0.1, -0.05) is 28.8 Å². The Bertz CT molecular complexity index is 328. The number of hydrogen-bond donors (Lipinski definition) is 1. The fourth-order valence-electron chi connectivity index (χ4n) is 2.35. The van der Waals surface area contributed by atoms with Crippen molar-refractivity contribution in [1.29, 1.82) is 0 Å². The number of hydrogen-bond acceptors (Lipinski definition) is 1. The Morgan fingerprint density at radius 2 is 2.00 bits per heavy atom. The fourth-order valence-corrected chi connectivity index (χ4v) is 2.86. The van der Waals surface area contributed by atoms with Crippen LogP contribution in [0.1, 0.15) is 31.2 Å². The van der Waals surface area contributed by atoms with E-state index >= 15 is 0 Å². The largest absolute Gasteiger partial charge is 0.312 e. The monoisotopic (exact) mass is 285 g/mol. The van der Waals surface area contributed by atoms with Crippen LogP contribution in [-0.4, -0.2) is 6.54 Å². The first-order chi connectivity index (χ1) is 7.74. The van der Waals surface area contributed by atoms with E-state index in [1.54, 1.807) is 6.07 Å². The van der Waals surface area contributed by atoms with E-state index in [2.05, 4.69) is 21.2 Å². The highest BCUT2D eigenvalue weighted by Crippen LogP contribution is 2.23. The van der Waals surface area contributed by atoms with E-state index in [1.807, 2.05) is 6.07 Å². The summed E-state index contributed by atoms with van der Waals surface area (Å²) in [6.07, 6.45) is 5.44. The average molecular weight is 286 g/mol. The maximum absolute atomic E-state index is 13.1. The Balaban J connectivity index is 1.80. The molecule has 0 bridgehead atoms. The Morgan fingerprint density at radius 3 is 2.69 bits per heavy atom. The lowest BCUT2D eigenvalue weighted by Gasteiger charge is -2.10. The highest BCUT2D eigenvalue weighted by molar-refractivity contribution is 9.10. The third-order valence-electron chi connectivity index (χ3n) is 3.16. The Morgan fingerprint density at radius 1 is 1.25 bits per heavy atom. The fraction of sp³-hybridized carbons (Fsp3) is 0.538. The van der Waals surface area contributed by atoms with Crippen molar-refractivity contribution < 1.29 is 4.39 Å². The van der Waals surface area contributed by atoms with Gasteiger partial charge in [-0.3, -0.25) is 0 Å². The summed E-state index contributed by atoms with van der Waals surface area (Å²) in [5.74, 6) is 0.657. The maximum Gasteiger partial charge on any atom is 0.124 e. The first-order valence-corrected chi connectivity index (χ1v) is 6.69. The van der Waals surface area contributed by atoms with Gasteiger partial charge >= 0.3 is 0 Å². The van der Waals surface area contributed by atoms with Crippen LogP contribution in [0.2, 0.25) is 0 Å². The Kier molecular flexibility index (Phi) is 4.36. The van der Waals surface area contributed by atoms with Gasteiger partial charge in [-0.15, -0.1) is 0 Å². The molecule has 3 heteroatoms. The summed E-state index contributed by atoms with van der Waals surface area (Å²) in [6, 6.07) is 5.04. The molecule has 0 aromatic heterocycles. The van der Waals surface area contributed by atoms with E-state index < -0.39 is 0 Å². The summed E-state index contributed by atoms with van der Waals surface area (Å²) >= 11 is 3.30. The van der Waals surface area contributed by atoms with Crippen molar-refractivity contribution >= 4 is 15.9 Å². The van der Waals surface area contributed by atoms with Gasteiger partial charge in [0, 0.05) is 11.0 Å². The van der Waals surface area contributed by atoms with E-state index in [9.17, 15) is 4.39 Å². The van der Waals surface area contributed by atoms with Crippen LogP contribution in [-0.2, 0) is 6.54 Å². The molecule has 0 amide bonds. The number of rotatable bonds is 4. The van der Waals surface area contributed by atoms with Crippen molar-refractivity contribution in [2.24, 2.45) is 5.92 Å². The second kappa shape index (κ2) is 5.78. The second-order valence-corrected chi connectivity index (χ2v) is 5.47. The molecule has 0 unspecified atom stereocenters. The summed E-state index contributed by atoms with van der Waals surface area (Å²) in [5, 5.41) is 3.41. The van der Waals surface area contributed by atoms with Crippen molar-refractivity contribution in [1.82, 2.24) is 5.32 Å². The molecule has 0 aliphatic heterocycles. The molecule has 1 fully saturated rings. The zero-order chi connectivity index (χ0) is 11.4. The van der Waals surface area contributed by atoms with E-state index in [-0.39, 0.29) is 5.82 Å². The molecule has 16 heavy (non-hydrogen) atoms. The predicted molar refractivity (Wildman–Crippen MR) is 67.8 cm³/mol. The van der Waals surface area contributed by atoms with Crippen LogP contribution >= 0.6 is 15.9 Å². The Labute approximate surface area is 105 Å². The van der Waals surface area contributed by atoms with Crippen LogP contribution in [0.4, 0.5) is 4.39 Å². The van der Waals surface area contributed by atoms with Gasteiger partial charge in [-0.05, 0) is 49.1 Å². The molecule has 2 rings (SSSR count). The van der Waals surface area contributed by atoms with Crippen LogP contribution in [0.3, 0.4) is 0 Å². The highest BCUT2D eigenvalue weighted by atomic mass is 79.9. The van der Waals surface area contributed by atoms with Gasteiger partial charge in [0.05, 0.1) is 0 Å². The van der Waals surface area contributed by atoms with Gasteiger partial charge in [0.25, 0.3) is 0 Å². The quantitative estimate of drug-likeness (QED) is 0.886. The lowest BCUT2D eigenvalue weighted by atomic mass is 10.1. The van der Waals surface area contributed by atoms with Crippen LogP contribution in [0.5, 0.6) is 0 Å². The van der Waals surface area contributed by atoms with Crippen molar-refractivity contribution in [3.05, 3.63) is 34.1 Å². The van der Waals surface area contributed by atoms with Gasteiger partial charge in [0.2, 0.25) is 0 Å². The van der Waals surface area contributed by atoms with Crippen LogP contribution in [0.25, 0.3) is 0 Å². The maximum atomic E-state index is 13.1. The molecule has 0 radical (unpaired) electrons.